The lowest BCUT2D eigenvalue weighted by atomic mass is 10.0. The monoisotopic (exact) mass is 292 g/mol. The highest BCUT2D eigenvalue weighted by Gasteiger charge is 2.32. The number of piperidine rings is 1. The Hall–Kier alpha value is -1.40. The van der Waals surface area contributed by atoms with E-state index >= 15 is 0 Å². The summed E-state index contributed by atoms with van der Waals surface area (Å²) in [5, 5.41) is 17.0. The number of carboxylic acids is 1. The predicted octanol–water partition coefficient (Wildman–Crippen LogP) is 1.22. The average molecular weight is 292 g/mol. The molecule has 1 saturated carbocycles. The van der Waals surface area contributed by atoms with Crippen molar-refractivity contribution in [3.05, 3.63) is 17.5 Å². The summed E-state index contributed by atoms with van der Waals surface area (Å²) in [6.45, 7) is 2.80. The van der Waals surface area contributed by atoms with Crippen LogP contribution < -0.4 is 5.32 Å². The molecule has 1 aromatic heterocycles. The molecule has 1 saturated heterocycles. The zero-order valence-electron chi connectivity index (χ0n) is 12.6. The molecule has 2 N–H and O–H groups in total. The molecule has 116 valence electrons. The molecule has 0 amide bonds. The van der Waals surface area contributed by atoms with Crippen LogP contribution in [-0.4, -0.2) is 50.9 Å². The number of aryl methyl sites for hydroxylation is 1. The van der Waals surface area contributed by atoms with Crippen LogP contribution in [-0.2, 0) is 13.6 Å². The van der Waals surface area contributed by atoms with Crippen LogP contribution in [0.4, 0.5) is 0 Å². The first-order chi connectivity index (χ1) is 10.1. The number of hydrogen-bond acceptors (Lipinski definition) is 4. The van der Waals surface area contributed by atoms with Gasteiger partial charge in [0.2, 0.25) is 0 Å². The van der Waals surface area contributed by atoms with Crippen molar-refractivity contribution in [1.82, 2.24) is 20.0 Å². The molecule has 0 spiro atoms. The van der Waals surface area contributed by atoms with Crippen molar-refractivity contribution in [3.8, 4) is 0 Å². The highest BCUT2D eigenvalue weighted by molar-refractivity contribution is 5.88. The zero-order valence-corrected chi connectivity index (χ0v) is 12.6. The van der Waals surface area contributed by atoms with Crippen LogP contribution in [0.5, 0.6) is 0 Å². The van der Waals surface area contributed by atoms with Gasteiger partial charge >= 0.3 is 5.97 Å². The summed E-state index contributed by atoms with van der Waals surface area (Å²) in [6, 6.07) is 1.16. The first-order valence-electron chi connectivity index (χ1n) is 7.86. The molecule has 2 aliphatic rings. The van der Waals surface area contributed by atoms with Gasteiger partial charge in [0, 0.05) is 32.2 Å². The second-order valence-electron chi connectivity index (χ2n) is 6.24. The van der Waals surface area contributed by atoms with Gasteiger partial charge in [-0.2, -0.15) is 5.10 Å². The van der Waals surface area contributed by atoms with Gasteiger partial charge in [-0.1, -0.05) is 6.42 Å². The molecule has 1 aliphatic heterocycles. The maximum absolute atomic E-state index is 11.3. The summed E-state index contributed by atoms with van der Waals surface area (Å²) < 4.78 is 1.70. The molecule has 3 rings (SSSR count). The van der Waals surface area contributed by atoms with Crippen LogP contribution in [0, 0.1) is 0 Å². The van der Waals surface area contributed by atoms with Crippen LogP contribution in [0.2, 0.25) is 0 Å². The maximum atomic E-state index is 11.3. The minimum Gasteiger partial charge on any atom is -0.478 e. The second-order valence-corrected chi connectivity index (χ2v) is 6.24. The SMILES string of the molecule is Cn1ncc(C(=O)O)c1CN(CC1CCCCN1)C1CC1. The van der Waals surface area contributed by atoms with Crippen molar-refractivity contribution < 1.29 is 9.90 Å². The van der Waals surface area contributed by atoms with Gasteiger partial charge in [-0.25, -0.2) is 4.79 Å². The van der Waals surface area contributed by atoms with Crippen LogP contribution in [0.3, 0.4) is 0 Å². The van der Waals surface area contributed by atoms with Crippen molar-refractivity contribution >= 4 is 5.97 Å². The predicted molar refractivity (Wildman–Crippen MR) is 79.2 cm³/mol. The zero-order chi connectivity index (χ0) is 14.8. The molecule has 2 heterocycles. The highest BCUT2D eigenvalue weighted by Crippen LogP contribution is 2.29. The van der Waals surface area contributed by atoms with Gasteiger partial charge in [0.25, 0.3) is 0 Å². The number of hydrogen-bond donors (Lipinski definition) is 2. The number of nitrogens with one attached hydrogen (secondary N) is 1. The third kappa shape index (κ3) is 3.44. The quantitative estimate of drug-likeness (QED) is 0.825. The van der Waals surface area contributed by atoms with E-state index in [2.05, 4.69) is 15.3 Å². The average Bonchev–Trinajstić information content (AvgIpc) is 3.25. The van der Waals surface area contributed by atoms with Crippen LogP contribution in [0.25, 0.3) is 0 Å². The van der Waals surface area contributed by atoms with E-state index < -0.39 is 5.97 Å². The molecule has 21 heavy (non-hydrogen) atoms. The molecular weight excluding hydrogens is 268 g/mol. The standard InChI is InChI=1S/C15H24N4O2/c1-18-14(13(8-17-18)15(20)21)10-19(12-5-6-12)9-11-4-2-3-7-16-11/h8,11-12,16H,2-7,9-10H2,1H3,(H,20,21). The fourth-order valence-corrected chi connectivity index (χ4v) is 3.17. The molecule has 1 aliphatic carbocycles. The fraction of sp³-hybridized carbons (Fsp3) is 0.733. The Morgan fingerprint density at radius 3 is 2.90 bits per heavy atom. The minimum absolute atomic E-state index is 0.333. The van der Waals surface area contributed by atoms with Crippen molar-refractivity contribution in [1.29, 1.82) is 0 Å². The Bertz CT molecular complexity index is 504. The Morgan fingerprint density at radius 2 is 2.29 bits per heavy atom. The van der Waals surface area contributed by atoms with E-state index in [1.165, 1.54) is 38.3 Å². The molecule has 0 aromatic carbocycles. The van der Waals surface area contributed by atoms with Crippen molar-refractivity contribution in [3.63, 3.8) is 0 Å². The molecule has 0 radical (unpaired) electrons. The molecule has 6 heteroatoms. The first-order valence-corrected chi connectivity index (χ1v) is 7.86. The van der Waals surface area contributed by atoms with E-state index in [-0.39, 0.29) is 0 Å². The Labute approximate surface area is 125 Å². The lowest BCUT2D eigenvalue weighted by Gasteiger charge is -2.30. The van der Waals surface area contributed by atoms with Gasteiger partial charge in [0.05, 0.1) is 11.9 Å². The lowest BCUT2D eigenvalue weighted by molar-refractivity contribution is 0.0693. The number of aromatic nitrogens is 2. The molecule has 2 fully saturated rings. The molecule has 1 aromatic rings. The molecular formula is C15H24N4O2. The third-order valence-electron chi connectivity index (χ3n) is 4.58. The summed E-state index contributed by atoms with van der Waals surface area (Å²) in [6.07, 6.45) is 7.70. The maximum Gasteiger partial charge on any atom is 0.339 e. The van der Waals surface area contributed by atoms with E-state index in [1.54, 1.807) is 4.68 Å². The number of nitrogens with zero attached hydrogens (tertiary/aromatic N) is 3. The van der Waals surface area contributed by atoms with Gasteiger partial charge in [-0.05, 0) is 32.2 Å². The summed E-state index contributed by atoms with van der Waals surface area (Å²) >= 11 is 0. The topological polar surface area (TPSA) is 70.4 Å². The summed E-state index contributed by atoms with van der Waals surface area (Å²) in [5.41, 5.74) is 1.14. The Morgan fingerprint density at radius 1 is 1.48 bits per heavy atom. The van der Waals surface area contributed by atoms with E-state index in [0.29, 0.717) is 24.2 Å². The molecule has 6 nitrogen and oxygen atoms in total. The van der Waals surface area contributed by atoms with E-state index in [1.807, 2.05) is 7.05 Å². The molecule has 1 unspecified atom stereocenters. The van der Waals surface area contributed by atoms with Gasteiger partial charge in [-0.15, -0.1) is 0 Å². The van der Waals surface area contributed by atoms with Crippen LogP contribution in [0.15, 0.2) is 6.20 Å². The second kappa shape index (κ2) is 6.15. The van der Waals surface area contributed by atoms with Crippen LogP contribution >= 0.6 is 0 Å². The molecule has 0 bridgehead atoms. The number of carboxylic acid groups (broad SMARTS) is 1. The summed E-state index contributed by atoms with van der Waals surface area (Å²) in [4.78, 5) is 13.7. The highest BCUT2D eigenvalue weighted by atomic mass is 16.4. The lowest BCUT2D eigenvalue weighted by Crippen LogP contribution is -2.44. The van der Waals surface area contributed by atoms with Crippen LogP contribution in [0.1, 0.15) is 48.2 Å². The van der Waals surface area contributed by atoms with E-state index in [0.717, 1.165) is 18.8 Å². The van der Waals surface area contributed by atoms with Gasteiger partial charge in [0.1, 0.15) is 5.56 Å². The number of carbonyl (C=O) groups is 1. The fourth-order valence-electron chi connectivity index (χ4n) is 3.17. The van der Waals surface area contributed by atoms with Crippen molar-refractivity contribution in [2.75, 3.05) is 13.1 Å². The number of aromatic carboxylic acids is 1. The third-order valence-corrected chi connectivity index (χ3v) is 4.58. The van der Waals surface area contributed by atoms with Crippen molar-refractivity contribution in [2.24, 2.45) is 7.05 Å². The van der Waals surface area contributed by atoms with Crippen molar-refractivity contribution in [2.45, 2.75) is 50.7 Å². The minimum atomic E-state index is -0.885. The van der Waals surface area contributed by atoms with Gasteiger partial charge in [-0.3, -0.25) is 9.58 Å². The smallest absolute Gasteiger partial charge is 0.339 e. The van der Waals surface area contributed by atoms with E-state index in [9.17, 15) is 9.90 Å². The van der Waals surface area contributed by atoms with Gasteiger partial charge < -0.3 is 10.4 Å². The largest absolute Gasteiger partial charge is 0.478 e. The summed E-state index contributed by atoms with van der Waals surface area (Å²) in [5.74, 6) is -0.885. The van der Waals surface area contributed by atoms with Gasteiger partial charge in [0.15, 0.2) is 0 Å². The Kier molecular flexibility index (Phi) is 4.26. The Balaban J connectivity index is 1.70. The first kappa shape index (κ1) is 14.5. The molecule has 1 atom stereocenters. The van der Waals surface area contributed by atoms with E-state index in [4.69, 9.17) is 0 Å². The normalized spacial score (nSPS) is 22.7. The summed E-state index contributed by atoms with van der Waals surface area (Å²) in [7, 11) is 1.83. The number of rotatable bonds is 6.